The van der Waals surface area contributed by atoms with Gasteiger partial charge in [0.25, 0.3) is 5.91 Å². The first kappa shape index (κ1) is 30.8. The predicted octanol–water partition coefficient (Wildman–Crippen LogP) is 7.76. The number of benzene rings is 3. The van der Waals surface area contributed by atoms with E-state index in [0.29, 0.717) is 16.7 Å². The summed E-state index contributed by atoms with van der Waals surface area (Å²) < 4.78 is 47.6. The molecule has 1 unspecified atom stereocenters. The van der Waals surface area contributed by atoms with Crippen LogP contribution >= 0.6 is 22.9 Å². The number of nitrogens with zero attached hydrogens (tertiary/aromatic N) is 2. The summed E-state index contributed by atoms with van der Waals surface area (Å²) in [6.45, 7) is 0.208. The van der Waals surface area contributed by atoms with E-state index in [1.807, 2.05) is 42.5 Å². The molecule has 0 aliphatic heterocycles. The van der Waals surface area contributed by atoms with Gasteiger partial charge in [-0.1, -0.05) is 29.8 Å². The first-order valence-corrected chi connectivity index (χ1v) is 16.5. The summed E-state index contributed by atoms with van der Waals surface area (Å²) in [7, 11) is 5.70. The molecule has 0 bridgehead atoms. The Hall–Kier alpha value is -2.69. The normalized spacial score (nSPS) is 17.9. The summed E-state index contributed by atoms with van der Waals surface area (Å²) in [4.78, 5) is 19.1. The number of thiophene rings is 1. The van der Waals surface area contributed by atoms with E-state index in [9.17, 15) is 18.1 Å². The number of hydrogen-bond donors (Lipinski definition) is 0. The maximum Gasteiger partial charge on any atom is 0.266 e. The van der Waals surface area contributed by atoms with Gasteiger partial charge in [0.15, 0.2) is 4.90 Å². The van der Waals surface area contributed by atoms with Crippen LogP contribution in [0.25, 0.3) is 21.2 Å². The lowest BCUT2D eigenvalue weighted by molar-refractivity contribution is 0.0573. The molecule has 1 atom stereocenters. The minimum Gasteiger partial charge on any atom is -0.612 e. The van der Waals surface area contributed by atoms with Gasteiger partial charge in [0.1, 0.15) is 28.5 Å². The van der Waals surface area contributed by atoms with E-state index in [4.69, 9.17) is 16.3 Å². The molecule has 5 nitrogen and oxygen atoms in total. The fourth-order valence-electron chi connectivity index (χ4n) is 5.83. The summed E-state index contributed by atoms with van der Waals surface area (Å²) >= 11 is 6.27. The fraction of sp³-hybridized carbons (Fsp3) is 0.344. The molecule has 5 rings (SSSR count). The van der Waals surface area contributed by atoms with Gasteiger partial charge in [0.2, 0.25) is 0 Å². The molecule has 1 amide bonds. The van der Waals surface area contributed by atoms with Crippen LogP contribution in [0.15, 0.2) is 59.5 Å². The quantitative estimate of drug-likeness (QED) is 0.187. The van der Waals surface area contributed by atoms with Crippen molar-refractivity contribution in [2.75, 3.05) is 27.5 Å². The van der Waals surface area contributed by atoms with Gasteiger partial charge in [-0.05, 0) is 92.9 Å². The van der Waals surface area contributed by atoms with Gasteiger partial charge in [-0.15, -0.1) is 11.3 Å². The molecule has 0 saturated heterocycles. The van der Waals surface area contributed by atoms with Gasteiger partial charge < -0.3 is 19.1 Å². The monoisotopic (exact) mass is 630 g/mol. The topological polar surface area (TPSA) is 55.8 Å². The number of carbonyl (C=O) groups is 1. The minimum atomic E-state index is -1.20. The van der Waals surface area contributed by atoms with Crippen molar-refractivity contribution in [2.45, 2.75) is 49.2 Å². The third kappa shape index (κ3) is 6.03. The molecule has 0 radical (unpaired) electrons. The van der Waals surface area contributed by atoms with Crippen LogP contribution in [0.2, 0.25) is 5.02 Å². The lowest BCUT2D eigenvalue weighted by Crippen LogP contribution is -2.44. The molecule has 222 valence electrons. The average Bonchev–Trinajstić information content (AvgIpc) is 3.35. The Balaban J connectivity index is 1.57. The van der Waals surface area contributed by atoms with Crippen molar-refractivity contribution in [1.82, 2.24) is 9.80 Å². The second-order valence-corrected chi connectivity index (χ2v) is 13.6. The van der Waals surface area contributed by atoms with E-state index in [-0.39, 0.29) is 38.5 Å². The van der Waals surface area contributed by atoms with Gasteiger partial charge in [0.05, 0.1) is 22.2 Å². The van der Waals surface area contributed by atoms with E-state index in [1.165, 1.54) is 0 Å². The Labute approximate surface area is 257 Å². The zero-order chi connectivity index (χ0) is 30.1. The highest BCUT2D eigenvalue weighted by atomic mass is 35.5. The molecule has 1 fully saturated rings. The first-order valence-electron chi connectivity index (χ1n) is 13.7. The summed E-state index contributed by atoms with van der Waals surface area (Å²) in [5.74, 6) is -1.04. The van der Waals surface area contributed by atoms with Crippen molar-refractivity contribution in [2.24, 2.45) is 0 Å². The molecule has 10 heteroatoms. The highest BCUT2D eigenvalue weighted by Gasteiger charge is 2.33. The van der Waals surface area contributed by atoms with E-state index < -0.39 is 22.8 Å². The van der Waals surface area contributed by atoms with Gasteiger partial charge in [-0.25, -0.2) is 8.78 Å². The molecule has 0 spiro atoms. The summed E-state index contributed by atoms with van der Waals surface area (Å²) in [6.07, 6.45) is 5.03. The third-order valence-electron chi connectivity index (χ3n) is 8.10. The van der Waals surface area contributed by atoms with Crippen LogP contribution < -0.4 is 4.74 Å². The summed E-state index contributed by atoms with van der Waals surface area (Å²) in [5, 5.41) is -0.130. The number of ether oxygens (including phenoxy) is 1. The van der Waals surface area contributed by atoms with Gasteiger partial charge >= 0.3 is 0 Å². The first-order chi connectivity index (χ1) is 20.1. The maximum atomic E-state index is 14.7. The van der Waals surface area contributed by atoms with Crippen molar-refractivity contribution in [3.05, 3.63) is 81.7 Å². The second kappa shape index (κ2) is 12.9. The zero-order valence-electron chi connectivity index (χ0n) is 24.0. The summed E-state index contributed by atoms with van der Waals surface area (Å²) in [6, 6.07) is 15.6. The van der Waals surface area contributed by atoms with Crippen LogP contribution in [0.4, 0.5) is 8.78 Å². The molecule has 1 heterocycles. The number of fused-ring (bicyclic) bond motifs is 1. The highest BCUT2D eigenvalue weighted by Crippen LogP contribution is 2.41. The Morgan fingerprint density at radius 2 is 1.71 bits per heavy atom. The lowest BCUT2D eigenvalue weighted by Gasteiger charge is -2.39. The van der Waals surface area contributed by atoms with Crippen molar-refractivity contribution < 1.29 is 22.9 Å². The Bertz CT molecular complexity index is 1600. The van der Waals surface area contributed by atoms with Crippen LogP contribution in [0.5, 0.6) is 5.75 Å². The number of methoxy groups -OCH3 is 1. The molecule has 42 heavy (non-hydrogen) atoms. The van der Waals surface area contributed by atoms with E-state index >= 15 is 0 Å². The average molecular weight is 631 g/mol. The third-order valence-corrected chi connectivity index (χ3v) is 10.8. The zero-order valence-corrected chi connectivity index (χ0v) is 26.3. The largest absolute Gasteiger partial charge is 0.612 e. The van der Waals surface area contributed by atoms with Crippen LogP contribution in [0, 0.1) is 11.6 Å². The van der Waals surface area contributed by atoms with Gasteiger partial charge in [0, 0.05) is 29.8 Å². The van der Waals surface area contributed by atoms with E-state index in [1.54, 1.807) is 18.3 Å². The Morgan fingerprint density at radius 1 is 1.05 bits per heavy atom. The molecule has 0 N–H and O–H groups in total. The van der Waals surface area contributed by atoms with Crippen LogP contribution in [0.3, 0.4) is 0 Å². The Morgan fingerprint density at radius 3 is 2.36 bits per heavy atom. The highest BCUT2D eigenvalue weighted by molar-refractivity contribution is 7.90. The molecule has 3 aromatic carbocycles. The molecular weight excluding hydrogens is 598 g/mol. The van der Waals surface area contributed by atoms with Crippen LogP contribution in [-0.4, -0.2) is 59.8 Å². The van der Waals surface area contributed by atoms with Crippen molar-refractivity contribution in [3.63, 3.8) is 0 Å². The van der Waals surface area contributed by atoms with Crippen molar-refractivity contribution in [3.8, 4) is 16.9 Å². The molecule has 1 aromatic heterocycles. The molecular formula is C32H33ClF2N2O3S2. The molecule has 1 saturated carbocycles. The SMILES string of the molecule is COc1ccc(-c2ccccc2[S+](C)[O-])cc1CN(C(=O)c1sc2c(F)ccc(F)c2c1Cl)[C@H]1CC[C@H](N(C)C)CC1. The number of rotatable bonds is 8. The van der Waals surface area contributed by atoms with Crippen molar-refractivity contribution >= 4 is 50.1 Å². The predicted molar refractivity (Wildman–Crippen MR) is 167 cm³/mol. The number of carbonyl (C=O) groups excluding carboxylic acids is 1. The number of hydrogen-bond acceptors (Lipinski definition) is 5. The Kier molecular flexibility index (Phi) is 9.44. The van der Waals surface area contributed by atoms with E-state index in [2.05, 4.69) is 19.0 Å². The maximum absolute atomic E-state index is 14.7. The fourth-order valence-corrected chi connectivity index (χ4v) is 8.10. The van der Waals surface area contributed by atoms with E-state index in [0.717, 1.165) is 65.8 Å². The minimum absolute atomic E-state index is 0.0309. The number of halogens is 3. The summed E-state index contributed by atoms with van der Waals surface area (Å²) in [5.41, 5.74) is 2.46. The molecule has 1 aliphatic rings. The van der Waals surface area contributed by atoms with Crippen LogP contribution in [0.1, 0.15) is 40.9 Å². The molecule has 4 aromatic rings. The number of amides is 1. The lowest BCUT2D eigenvalue weighted by atomic mass is 9.89. The van der Waals surface area contributed by atoms with Crippen molar-refractivity contribution in [1.29, 1.82) is 0 Å². The van der Waals surface area contributed by atoms with Gasteiger partial charge in [-0.3, -0.25) is 4.79 Å². The van der Waals surface area contributed by atoms with Gasteiger partial charge in [-0.2, -0.15) is 0 Å². The standard InChI is InChI=1S/C32H33ClF2N2O3S2/c1-36(2)21-10-12-22(13-11-21)37(32(38)31-29(33)28-24(34)14-15-25(35)30(28)41-31)18-20-17-19(9-16-26(20)40-3)23-7-5-6-8-27(23)42(4)39/h5-9,14-17,21-22H,10-13,18H2,1-4H3/t21-,22-,42?. The second-order valence-electron chi connectivity index (χ2n) is 10.8. The molecule has 1 aliphatic carbocycles. The van der Waals surface area contributed by atoms with Crippen LogP contribution in [-0.2, 0) is 17.7 Å². The smallest absolute Gasteiger partial charge is 0.266 e.